The van der Waals surface area contributed by atoms with Crippen LogP contribution in [0.25, 0.3) is 0 Å². The number of rotatable bonds is 10. The highest BCUT2D eigenvalue weighted by molar-refractivity contribution is 4.77. The first-order chi connectivity index (χ1) is 8.13. The Kier molecular flexibility index (Phi) is 10.1. The van der Waals surface area contributed by atoms with Crippen molar-refractivity contribution in [2.75, 3.05) is 40.0 Å². The monoisotopic (exact) mass is 244 g/mol. The molecule has 0 aliphatic rings. The molecule has 5 heteroatoms. The minimum Gasteiger partial charge on any atom is -0.389 e. The highest BCUT2D eigenvalue weighted by atomic mass is 16.5. The molecule has 2 unspecified atom stereocenters. The molecule has 0 amide bonds. The highest BCUT2D eigenvalue weighted by Crippen LogP contribution is 1.98. The van der Waals surface area contributed by atoms with Crippen LogP contribution in [0.4, 0.5) is 0 Å². The van der Waals surface area contributed by atoms with Crippen LogP contribution in [0, 0.1) is 11.3 Å². The van der Waals surface area contributed by atoms with Crippen molar-refractivity contribution in [1.82, 2.24) is 4.90 Å². The summed E-state index contributed by atoms with van der Waals surface area (Å²) in [5.74, 6) is 0. The van der Waals surface area contributed by atoms with E-state index >= 15 is 0 Å². The fraction of sp³-hybridized carbons (Fsp3) is 0.917. The Morgan fingerprint density at radius 1 is 1.41 bits per heavy atom. The van der Waals surface area contributed by atoms with Crippen LogP contribution in [-0.4, -0.2) is 62.2 Å². The molecule has 0 aliphatic carbocycles. The maximum Gasteiger partial charge on any atom is 0.0900 e. The zero-order valence-electron chi connectivity index (χ0n) is 11.1. The third-order valence-electron chi connectivity index (χ3n) is 2.28. The lowest BCUT2D eigenvalue weighted by Gasteiger charge is -2.22. The van der Waals surface area contributed by atoms with Gasteiger partial charge in [-0.3, -0.25) is 4.90 Å². The maximum atomic E-state index is 9.77. The molecule has 0 aliphatic heterocycles. The predicted octanol–water partition coefficient (Wildman–Crippen LogP) is 0.634. The average Bonchev–Trinajstić information content (AvgIpc) is 2.27. The molecular formula is C12H24N2O3. The Morgan fingerprint density at radius 3 is 2.65 bits per heavy atom. The molecular weight excluding hydrogens is 220 g/mol. The van der Waals surface area contributed by atoms with Gasteiger partial charge in [0.2, 0.25) is 0 Å². The second-order valence-corrected chi connectivity index (χ2v) is 4.15. The normalized spacial score (nSPS) is 14.6. The summed E-state index contributed by atoms with van der Waals surface area (Å²) in [7, 11) is 1.62. The molecule has 5 nitrogen and oxygen atoms in total. The summed E-state index contributed by atoms with van der Waals surface area (Å²) in [5, 5.41) is 18.4. The summed E-state index contributed by atoms with van der Waals surface area (Å²) in [6.45, 7) is 6.38. The van der Waals surface area contributed by atoms with E-state index in [2.05, 4.69) is 6.07 Å². The number of aliphatic hydroxyl groups is 1. The van der Waals surface area contributed by atoms with Crippen LogP contribution in [0.5, 0.6) is 0 Å². The SMILES string of the molecule is CCCN(CC#N)CC(O)COC(C)COC. The molecule has 0 saturated carbocycles. The first-order valence-electron chi connectivity index (χ1n) is 6.01. The van der Waals surface area contributed by atoms with Gasteiger partial charge in [0, 0.05) is 13.7 Å². The molecule has 0 bridgehead atoms. The van der Waals surface area contributed by atoms with Crippen molar-refractivity contribution in [3.8, 4) is 6.07 Å². The lowest BCUT2D eigenvalue weighted by molar-refractivity contribution is -0.0388. The Hall–Kier alpha value is -0.670. The van der Waals surface area contributed by atoms with Gasteiger partial charge in [0.25, 0.3) is 0 Å². The Morgan fingerprint density at radius 2 is 2.12 bits per heavy atom. The van der Waals surface area contributed by atoms with Gasteiger partial charge in [0.1, 0.15) is 0 Å². The Labute approximate surface area is 104 Å². The van der Waals surface area contributed by atoms with Crippen LogP contribution < -0.4 is 0 Å². The number of nitrogens with zero attached hydrogens (tertiary/aromatic N) is 2. The molecule has 100 valence electrons. The van der Waals surface area contributed by atoms with Crippen LogP contribution in [0.2, 0.25) is 0 Å². The second-order valence-electron chi connectivity index (χ2n) is 4.15. The van der Waals surface area contributed by atoms with Crippen LogP contribution in [0.15, 0.2) is 0 Å². The fourth-order valence-electron chi connectivity index (χ4n) is 1.56. The van der Waals surface area contributed by atoms with Gasteiger partial charge in [-0.15, -0.1) is 0 Å². The zero-order chi connectivity index (χ0) is 13.1. The smallest absolute Gasteiger partial charge is 0.0900 e. The standard InChI is InChI=1S/C12H24N2O3/c1-4-6-14(7-5-13)8-12(15)10-17-11(2)9-16-3/h11-12,15H,4,6-10H2,1-3H3. The van der Waals surface area contributed by atoms with Gasteiger partial charge in [-0.2, -0.15) is 5.26 Å². The van der Waals surface area contributed by atoms with Gasteiger partial charge in [0.05, 0.1) is 38.0 Å². The van der Waals surface area contributed by atoms with Crippen molar-refractivity contribution in [1.29, 1.82) is 5.26 Å². The fourth-order valence-corrected chi connectivity index (χ4v) is 1.56. The molecule has 1 N–H and O–H groups in total. The van der Waals surface area contributed by atoms with E-state index in [-0.39, 0.29) is 12.7 Å². The van der Waals surface area contributed by atoms with Gasteiger partial charge in [-0.25, -0.2) is 0 Å². The number of ether oxygens (including phenoxy) is 2. The molecule has 0 aromatic heterocycles. The van der Waals surface area contributed by atoms with Crippen LogP contribution in [0.3, 0.4) is 0 Å². The molecule has 17 heavy (non-hydrogen) atoms. The van der Waals surface area contributed by atoms with E-state index in [0.717, 1.165) is 13.0 Å². The van der Waals surface area contributed by atoms with Gasteiger partial charge in [0.15, 0.2) is 0 Å². The zero-order valence-corrected chi connectivity index (χ0v) is 11.1. The summed E-state index contributed by atoms with van der Waals surface area (Å²) in [5.41, 5.74) is 0. The number of methoxy groups -OCH3 is 1. The summed E-state index contributed by atoms with van der Waals surface area (Å²) < 4.78 is 10.4. The summed E-state index contributed by atoms with van der Waals surface area (Å²) in [6.07, 6.45) is 0.384. The van der Waals surface area contributed by atoms with Gasteiger partial charge in [-0.1, -0.05) is 6.92 Å². The topological polar surface area (TPSA) is 65.7 Å². The number of hydrogen-bond acceptors (Lipinski definition) is 5. The first kappa shape index (κ1) is 16.3. The van der Waals surface area contributed by atoms with Crippen molar-refractivity contribution in [2.24, 2.45) is 0 Å². The highest BCUT2D eigenvalue weighted by Gasteiger charge is 2.12. The molecule has 0 aromatic carbocycles. The maximum absolute atomic E-state index is 9.77. The van der Waals surface area contributed by atoms with Crippen LogP contribution >= 0.6 is 0 Å². The predicted molar refractivity (Wildman–Crippen MR) is 65.6 cm³/mol. The summed E-state index contributed by atoms with van der Waals surface area (Å²) in [6, 6.07) is 2.10. The molecule has 0 aromatic rings. The van der Waals surface area contributed by atoms with Gasteiger partial charge >= 0.3 is 0 Å². The second kappa shape index (κ2) is 10.5. The van der Waals surface area contributed by atoms with Gasteiger partial charge in [-0.05, 0) is 19.9 Å². The number of nitriles is 1. The van der Waals surface area contributed by atoms with Gasteiger partial charge < -0.3 is 14.6 Å². The van der Waals surface area contributed by atoms with E-state index in [0.29, 0.717) is 19.7 Å². The largest absolute Gasteiger partial charge is 0.389 e. The Balaban J connectivity index is 3.81. The van der Waals surface area contributed by atoms with E-state index in [1.54, 1.807) is 7.11 Å². The van der Waals surface area contributed by atoms with Crippen LogP contribution in [-0.2, 0) is 9.47 Å². The van der Waals surface area contributed by atoms with Crippen molar-refractivity contribution in [3.05, 3.63) is 0 Å². The minimum absolute atomic E-state index is 0.0229. The number of hydrogen-bond donors (Lipinski definition) is 1. The number of aliphatic hydroxyl groups excluding tert-OH is 1. The van der Waals surface area contributed by atoms with E-state index in [4.69, 9.17) is 14.7 Å². The van der Waals surface area contributed by atoms with Crippen molar-refractivity contribution in [2.45, 2.75) is 32.5 Å². The molecule has 0 heterocycles. The van der Waals surface area contributed by atoms with E-state index < -0.39 is 6.10 Å². The molecule has 2 atom stereocenters. The van der Waals surface area contributed by atoms with E-state index in [1.807, 2.05) is 18.7 Å². The quantitative estimate of drug-likeness (QED) is 0.571. The van der Waals surface area contributed by atoms with Crippen molar-refractivity contribution >= 4 is 0 Å². The average molecular weight is 244 g/mol. The molecule has 0 rings (SSSR count). The van der Waals surface area contributed by atoms with Crippen molar-refractivity contribution < 1.29 is 14.6 Å². The van der Waals surface area contributed by atoms with E-state index in [1.165, 1.54) is 0 Å². The summed E-state index contributed by atoms with van der Waals surface area (Å²) in [4.78, 5) is 1.93. The van der Waals surface area contributed by atoms with E-state index in [9.17, 15) is 5.11 Å². The molecule has 0 saturated heterocycles. The molecule has 0 fully saturated rings. The lowest BCUT2D eigenvalue weighted by Crippen LogP contribution is -2.36. The minimum atomic E-state index is -0.561. The summed E-state index contributed by atoms with van der Waals surface area (Å²) >= 11 is 0. The first-order valence-corrected chi connectivity index (χ1v) is 6.01. The molecule has 0 radical (unpaired) electrons. The Bertz CT molecular complexity index is 218. The van der Waals surface area contributed by atoms with Crippen molar-refractivity contribution in [3.63, 3.8) is 0 Å². The third kappa shape index (κ3) is 9.07. The third-order valence-corrected chi connectivity index (χ3v) is 2.28. The lowest BCUT2D eigenvalue weighted by atomic mass is 10.3. The molecule has 0 spiro atoms. The van der Waals surface area contributed by atoms with Crippen LogP contribution in [0.1, 0.15) is 20.3 Å².